The highest BCUT2D eigenvalue weighted by Crippen LogP contribution is 2.28. The Morgan fingerprint density at radius 3 is 2.47 bits per heavy atom. The zero-order chi connectivity index (χ0) is 23.8. The lowest BCUT2D eigenvalue weighted by Gasteiger charge is -2.40. The van der Waals surface area contributed by atoms with E-state index in [2.05, 4.69) is 0 Å². The SMILES string of the molecule is C[C@@H]1CN(C(=O)c2cc3ccsc3n2Cc2cccc(F)c2)CCN1C(=O)c1cccc(F)c1. The van der Waals surface area contributed by atoms with Gasteiger partial charge in [0.2, 0.25) is 0 Å². The van der Waals surface area contributed by atoms with Gasteiger partial charge in [-0.05, 0) is 60.3 Å². The van der Waals surface area contributed by atoms with Crippen LogP contribution in [0.2, 0.25) is 0 Å². The van der Waals surface area contributed by atoms with E-state index >= 15 is 0 Å². The zero-order valence-corrected chi connectivity index (χ0v) is 19.4. The summed E-state index contributed by atoms with van der Waals surface area (Å²) in [5.41, 5.74) is 1.62. The van der Waals surface area contributed by atoms with Gasteiger partial charge in [-0.2, -0.15) is 0 Å². The second-order valence-electron chi connectivity index (χ2n) is 8.54. The van der Waals surface area contributed by atoms with Crippen LogP contribution in [0.25, 0.3) is 10.2 Å². The van der Waals surface area contributed by atoms with Crippen molar-refractivity contribution in [2.75, 3.05) is 19.6 Å². The van der Waals surface area contributed by atoms with E-state index in [1.165, 1.54) is 30.3 Å². The molecule has 3 heterocycles. The largest absolute Gasteiger partial charge is 0.334 e. The predicted octanol–water partition coefficient (Wildman–Crippen LogP) is 5.02. The molecule has 0 unspecified atom stereocenters. The first-order valence-electron chi connectivity index (χ1n) is 11.1. The van der Waals surface area contributed by atoms with E-state index < -0.39 is 5.82 Å². The monoisotopic (exact) mass is 479 g/mol. The van der Waals surface area contributed by atoms with Gasteiger partial charge in [-0.1, -0.05) is 18.2 Å². The summed E-state index contributed by atoms with van der Waals surface area (Å²) in [6.45, 7) is 3.39. The minimum atomic E-state index is -0.452. The molecule has 0 saturated carbocycles. The standard InChI is InChI=1S/C26H23F2N3O2S/c1-17-15-29(9-10-30(17)24(32)19-5-3-7-22(28)13-19)25(33)23-14-20-8-11-34-26(20)31(23)16-18-4-2-6-21(27)12-18/h2-8,11-14,17H,9-10,15-16H2,1H3/t17-/m1/s1. The second kappa shape index (κ2) is 9.02. The van der Waals surface area contributed by atoms with Crippen LogP contribution in [0.4, 0.5) is 8.78 Å². The maximum absolute atomic E-state index is 13.8. The highest BCUT2D eigenvalue weighted by Gasteiger charge is 2.32. The van der Waals surface area contributed by atoms with Gasteiger partial charge in [0, 0.05) is 43.2 Å². The summed E-state index contributed by atoms with van der Waals surface area (Å²) in [5, 5.41) is 2.94. The number of amides is 2. The van der Waals surface area contributed by atoms with Crippen LogP contribution in [0, 0.1) is 11.6 Å². The van der Waals surface area contributed by atoms with E-state index in [0.29, 0.717) is 37.4 Å². The Bertz CT molecular complexity index is 1380. The summed E-state index contributed by atoms with van der Waals surface area (Å²) in [7, 11) is 0. The molecule has 4 aromatic rings. The fraction of sp³-hybridized carbons (Fsp3) is 0.231. The van der Waals surface area contributed by atoms with Gasteiger partial charge in [-0.25, -0.2) is 8.78 Å². The highest BCUT2D eigenvalue weighted by molar-refractivity contribution is 7.16. The average Bonchev–Trinajstić information content (AvgIpc) is 3.41. The topological polar surface area (TPSA) is 45.6 Å². The quantitative estimate of drug-likeness (QED) is 0.413. The number of rotatable bonds is 4. The van der Waals surface area contributed by atoms with Crippen molar-refractivity contribution in [3.8, 4) is 0 Å². The number of carbonyl (C=O) groups is 2. The summed E-state index contributed by atoms with van der Waals surface area (Å²) in [4.78, 5) is 30.9. The molecule has 1 saturated heterocycles. The number of piperazine rings is 1. The van der Waals surface area contributed by atoms with Crippen LogP contribution in [-0.4, -0.2) is 51.9 Å². The number of aromatic nitrogens is 1. The van der Waals surface area contributed by atoms with Crippen molar-refractivity contribution in [3.05, 3.63) is 94.5 Å². The minimum Gasteiger partial charge on any atom is -0.334 e. The molecular formula is C26H23F2N3O2S. The molecule has 2 aromatic carbocycles. The molecule has 1 atom stereocenters. The van der Waals surface area contributed by atoms with E-state index in [-0.39, 0.29) is 23.7 Å². The van der Waals surface area contributed by atoms with Gasteiger partial charge in [-0.15, -0.1) is 11.3 Å². The summed E-state index contributed by atoms with van der Waals surface area (Å²) < 4.78 is 29.3. The normalized spacial score (nSPS) is 16.3. The van der Waals surface area contributed by atoms with Crippen LogP contribution in [0.3, 0.4) is 0 Å². The van der Waals surface area contributed by atoms with Crippen LogP contribution in [0.5, 0.6) is 0 Å². The van der Waals surface area contributed by atoms with Crippen molar-refractivity contribution in [2.24, 2.45) is 0 Å². The first-order valence-corrected chi connectivity index (χ1v) is 12.0. The van der Waals surface area contributed by atoms with Crippen LogP contribution < -0.4 is 0 Å². The van der Waals surface area contributed by atoms with Crippen molar-refractivity contribution in [3.63, 3.8) is 0 Å². The maximum atomic E-state index is 13.8. The summed E-state index contributed by atoms with van der Waals surface area (Å²) in [6, 6.07) is 15.7. The number of hydrogen-bond donors (Lipinski definition) is 0. The van der Waals surface area contributed by atoms with Crippen molar-refractivity contribution >= 4 is 33.4 Å². The summed E-state index contributed by atoms with van der Waals surface area (Å²) in [6.07, 6.45) is 0. The van der Waals surface area contributed by atoms with Crippen LogP contribution >= 0.6 is 11.3 Å². The van der Waals surface area contributed by atoms with E-state index in [1.54, 1.807) is 33.3 Å². The highest BCUT2D eigenvalue weighted by atomic mass is 32.1. The third-order valence-electron chi connectivity index (χ3n) is 6.20. The molecule has 174 valence electrons. The third kappa shape index (κ3) is 4.21. The van der Waals surface area contributed by atoms with Crippen molar-refractivity contribution < 1.29 is 18.4 Å². The molecular weight excluding hydrogens is 456 g/mol. The van der Waals surface area contributed by atoms with E-state index in [1.807, 2.05) is 35.1 Å². The van der Waals surface area contributed by atoms with E-state index in [4.69, 9.17) is 0 Å². The fourth-order valence-corrected chi connectivity index (χ4v) is 5.42. The van der Waals surface area contributed by atoms with Crippen molar-refractivity contribution in [1.29, 1.82) is 0 Å². The van der Waals surface area contributed by atoms with Gasteiger partial charge < -0.3 is 14.4 Å². The first kappa shape index (κ1) is 22.3. The number of halogens is 2. The average molecular weight is 480 g/mol. The lowest BCUT2D eigenvalue weighted by molar-refractivity contribution is 0.0409. The smallest absolute Gasteiger partial charge is 0.270 e. The zero-order valence-electron chi connectivity index (χ0n) is 18.6. The molecule has 1 aliphatic rings. The molecule has 1 aliphatic heterocycles. The number of benzene rings is 2. The number of fused-ring (bicyclic) bond motifs is 1. The molecule has 2 amide bonds. The molecule has 8 heteroatoms. The molecule has 0 aliphatic carbocycles. The van der Waals surface area contributed by atoms with Gasteiger partial charge in [0.05, 0.1) is 0 Å². The Morgan fingerprint density at radius 1 is 0.971 bits per heavy atom. The molecule has 5 nitrogen and oxygen atoms in total. The molecule has 1 fully saturated rings. The Balaban J connectivity index is 1.37. The Hall–Kier alpha value is -3.52. The number of nitrogens with zero attached hydrogens (tertiary/aromatic N) is 3. The molecule has 5 rings (SSSR count). The van der Waals surface area contributed by atoms with Crippen LogP contribution in [0.1, 0.15) is 33.3 Å². The molecule has 34 heavy (non-hydrogen) atoms. The molecule has 0 radical (unpaired) electrons. The molecule has 0 spiro atoms. The second-order valence-corrected chi connectivity index (χ2v) is 9.43. The van der Waals surface area contributed by atoms with Gasteiger partial charge >= 0.3 is 0 Å². The summed E-state index contributed by atoms with van der Waals surface area (Å²) >= 11 is 1.54. The molecule has 2 aromatic heterocycles. The Morgan fingerprint density at radius 2 is 1.74 bits per heavy atom. The number of hydrogen-bond acceptors (Lipinski definition) is 3. The minimum absolute atomic E-state index is 0.121. The van der Waals surface area contributed by atoms with Crippen molar-refractivity contribution in [1.82, 2.24) is 14.4 Å². The van der Waals surface area contributed by atoms with E-state index in [0.717, 1.165) is 15.8 Å². The lowest BCUT2D eigenvalue weighted by atomic mass is 10.1. The van der Waals surface area contributed by atoms with Gasteiger partial charge in [-0.3, -0.25) is 9.59 Å². The number of thiophene rings is 1. The van der Waals surface area contributed by atoms with E-state index in [9.17, 15) is 18.4 Å². The fourth-order valence-electron chi connectivity index (χ4n) is 4.52. The Kier molecular flexibility index (Phi) is 5.91. The van der Waals surface area contributed by atoms with Gasteiger partial charge in [0.15, 0.2) is 0 Å². The van der Waals surface area contributed by atoms with Crippen LogP contribution in [0.15, 0.2) is 66.0 Å². The predicted molar refractivity (Wildman–Crippen MR) is 128 cm³/mol. The van der Waals surface area contributed by atoms with Gasteiger partial charge in [0.25, 0.3) is 11.8 Å². The molecule has 0 N–H and O–H groups in total. The lowest BCUT2D eigenvalue weighted by Crippen LogP contribution is -2.55. The van der Waals surface area contributed by atoms with Crippen molar-refractivity contribution in [2.45, 2.75) is 19.5 Å². The maximum Gasteiger partial charge on any atom is 0.270 e. The Labute approximate surface area is 199 Å². The van der Waals surface area contributed by atoms with Crippen LogP contribution in [-0.2, 0) is 6.54 Å². The summed E-state index contributed by atoms with van der Waals surface area (Å²) in [5.74, 6) is -1.13. The third-order valence-corrected chi connectivity index (χ3v) is 7.15. The number of carbonyl (C=O) groups excluding carboxylic acids is 2. The molecule has 0 bridgehead atoms. The first-order chi connectivity index (χ1) is 16.4. The van der Waals surface area contributed by atoms with Gasteiger partial charge in [0.1, 0.15) is 22.2 Å².